The highest BCUT2D eigenvalue weighted by Crippen LogP contribution is 2.36. The number of aromatic nitrogens is 2. The van der Waals surface area contributed by atoms with Gasteiger partial charge in [-0.2, -0.15) is 9.40 Å². The monoisotopic (exact) mass is 594 g/mol. The number of thioether (sulfide) groups is 1. The number of rotatable bonds is 11. The van der Waals surface area contributed by atoms with Gasteiger partial charge in [0.2, 0.25) is 10.0 Å². The maximum atomic E-state index is 13.3. The van der Waals surface area contributed by atoms with E-state index in [1.807, 2.05) is 48.7 Å². The van der Waals surface area contributed by atoms with Crippen LogP contribution in [0.5, 0.6) is 0 Å². The largest absolute Gasteiger partial charge is 0.293 e. The second kappa shape index (κ2) is 12.8. The lowest BCUT2D eigenvalue weighted by molar-refractivity contribution is -0.122. The van der Waals surface area contributed by atoms with Crippen LogP contribution in [0.3, 0.4) is 0 Å². The Hall–Kier alpha value is -2.79. The van der Waals surface area contributed by atoms with Gasteiger partial charge in [-0.15, -0.1) is 0 Å². The van der Waals surface area contributed by atoms with Gasteiger partial charge in [-0.1, -0.05) is 86.9 Å². The van der Waals surface area contributed by atoms with Crippen LogP contribution in [0.1, 0.15) is 57.4 Å². The van der Waals surface area contributed by atoms with E-state index in [-0.39, 0.29) is 10.8 Å². The lowest BCUT2D eigenvalue weighted by Gasteiger charge is -2.16. The van der Waals surface area contributed by atoms with Crippen molar-refractivity contribution in [2.24, 2.45) is 0 Å². The molecule has 7 nitrogen and oxygen atoms in total. The molecule has 3 heterocycles. The summed E-state index contributed by atoms with van der Waals surface area (Å²) in [5.41, 5.74) is 2.87. The molecule has 0 N–H and O–H groups in total. The summed E-state index contributed by atoms with van der Waals surface area (Å²) in [4.78, 5) is 15.8. The standard InChI is InChI=1S/C30H34N4O3S3/c1-2-3-4-5-9-19-33-29(35)27(39-30(33)38)21-24-22-34(25-14-7-6-8-15-25)31-28(24)23-13-12-16-26(20-23)40(36,37)32-17-10-11-18-32/h6-8,12-16,20-22H,2-5,9-11,17-19H2,1H3/b27-21+. The smallest absolute Gasteiger partial charge is 0.266 e. The van der Waals surface area contributed by atoms with Gasteiger partial charge in [-0.25, -0.2) is 13.1 Å². The number of carbonyl (C=O) groups excluding carboxylic acids is 1. The minimum atomic E-state index is -3.59. The number of thiocarbonyl (C=S) groups is 1. The third-order valence-corrected chi connectivity index (χ3v) is 10.5. The first-order chi connectivity index (χ1) is 19.4. The second-order valence-corrected chi connectivity index (χ2v) is 13.7. The van der Waals surface area contributed by atoms with E-state index in [9.17, 15) is 13.2 Å². The molecule has 3 aromatic rings. The maximum Gasteiger partial charge on any atom is 0.266 e. The molecule has 5 rings (SSSR count). The van der Waals surface area contributed by atoms with E-state index in [1.165, 1.54) is 24.6 Å². The Morgan fingerprint density at radius 3 is 2.50 bits per heavy atom. The molecule has 210 valence electrons. The summed E-state index contributed by atoms with van der Waals surface area (Å²) in [7, 11) is -3.59. The van der Waals surface area contributed by atoms with Crippen LogP contribution in [-0.4, -0.2) is 57.3 Å². The number of amides is 1. The van der Waals surface area contributed by atoms with E-state index >= 15 is 0 Å². The fourth-order valence-electron chi connectivity index (χ4n) is 5.02. The van der Waals surface area contributed by atoms with Crippen molar-refractivity contribution in [3.8, 4) is 16.9 Å². The Balaban J connectivity index is 1.48. The first-order valence-electron chi connectivity index (χ1n) is 13.9. The summed E-state index contributed by atoms with van der Waals surface area (Å²) in [5.74, 6) is -0.0886. The van der Waals surface area contributed by atoms with Crippen LogP contribution in [0.15, 0.2) is 70.6 Å². The zero-order valence-electron chi connectivity index (χ0n) is 22.7. The van der Waals surface area contributed by atoms with E-state index in [0.717, 1.165) is 43.4 Å². The summed E-state index contributed by atoms with van der Waals surface area (Å²) >= 11 is 6.87. The van der Waals surface area contributed by atoms with Crippen LogP contribution in [-0.2, 0) is 14.8 Å². The zero-order valence-corrected chi connectivity index (χ0v) is 25.1. The number of nitrogens with zero attached hydrogens (tertiary/aromatic N) is 4. The van der Waals surface area contributed by atoms with E-state index in [2.05, 4.69) is 6.92 Å². The first-order valence-corrected chi connectivity index (χ1v) is 16.6. The van der Waals surface area contributed by atoms with Gasteiger partial charge in [0, 0.05) is 37.0 Å². The van der Waals surface area contributed by atoms with E-state index < -0.39 is 10.0 Å². The number of unbranched alkanes of at least 4 members (excludes halogenated alkanes) is 4. The Morgan fingerprint density at radius 2 is 1.75 bits per heavy atom. The number of sulfonamides is 1. The Kier molecular flexibility index (Phi) is 9.20. The molecule has 2 aliphatic heterocycles. The molecular weight excluding hydrogens is 561 g/mol. The number of hydrogen-bond acceptors (Lipinski definition) is 6. The summed E-state index contributed by atoms with van der Waals surface area (Å²) in [6.07, 6.45) is 11.0. The van der Waals surface area contributed by atoms with Gasteiger partial charge in [-0.3, -0.25) is 9.69 Å². The number of carbonyl (C=O) groups is 1. The van der Waals surface area contributed by atoms with Gasteiger partial charge in [0.05, 0.1) is 15.5 Å². The Labute approximate surface area is 246 Å². The molecule has 2 aromatic carbocycles. The molecule has 0 atom stereocenters. The Morgan fingerprint density at radius 1 is 1.00 bits per heavy atom. The molecule has 0 radical (unpaired) electrons. The lowest BCUT2D eigenvalue weighted by Crippen LogP contribution is -2.29. The van der Waals surface area contributed by atoms with E-state index in [1.54, 1.807) is 32.1 Å². The van der Waals surface area contributed by atoms with Crippen molar-refractivity contribution in [3.63, 3.8) is 0 Å². The molecule has 1 aromatic heterocycles. The summed E-state index contributed by atoms with van der Waals surface area (Å²) in [6.45, 7) is 3.89. The number of benzene rings is 2. The molecule has 0 spiro atoms. The maximum absolute atomic E-state index is 13.3. The van der Waals surface area contributed by atoms with Crippen molar-refractivity contribution in [3.05, 3.63) is 71.3 Å². The van der Waals surface area contributed by atoms with Crippen molar-refractivity contribution in [1.82, 2.24) is 19.0 Å². The molecule has 2 aliphatic rings. The van der Waals surface area contributed by atoms with Gasteiger partial charge >= 0.3 is 0 Å². The van der Waals surface area contributed by atoms with Crippen molar-refractivity contribution in [2.75, 3.05) is 19.6 Å². The Bertz CT molecular complexity index is 1510. The fraction of sp³-hybridized carbons (Fsp3) is 0.367. The molecule has 2 fully saturated rings. The molecule has 0 unspecified atom stereocenters. The topological polar surface area (TPSA) is 75.5 Å². The summed E-state index contributed by atoms with van der Waals surface area (Å²) in [5, 5.41) is 4.85. The van der Waals surface area contributed by atoms with Gasteiger partial charge in [0.1, 0.15) is 10.0 Å². The summed E-state index contributed by atoms with van der Waals surface area (Å²) in [6, 6.07) is 16.6. The van der Waals surface area contributed by atoms with Crippen molar-refractivity contribution in [1.29, 1.82) is 0 Å². The molecular formula is C30H34N4O3S3. The highest BCUT2D eigenvalue weighted by atomic mass is 32.2. The highest BCUT2D eigenvalue weighted by molar-refractivity contribution is 8.26. The van der Waals surface area contributed by atoms with Crippen molar-refractivity contribution in [2.45, 2.75) is 56.8 Å². The van der Waals surface area contributed by atoms with Crippen LogP contribution >= 0.6 is 24.0 Å². The third kappa shape index (κ3) is 6.25. The van der Waals surface area contributed by atoms with Crippen LogP contribution in [0.2, 0.25) is 0 Å². The zero-order chi connectivity index (χ0) is 28.1. The van der Waals surface area contributed by atoms with E-state index in [4.69, 9.17) is 17.3 Å². The normalized spacial score (nSPS) is 17.4. The second-order valence-electron chi connectivity index (χ2n) is 10.1. The minimum absolute atomic E-state index is 0.0886. The average molecular weight is 595 g/mol. The molecule has 10 heteroatoms. The molecule has 1 amide bonds. The molecule has 0 aliphatic carbocycles. The van der Waals surface area contributed by atoms with Gasteiger partial charge in [0.15, 0.2) is 0 Å². The van der Waals surface area contributed by atoms with Crippen molar-refractivity contribution < 1.29 is 13.2 Å². The number of para-hydroxylation sites is 1. The third-order valence-electron chi connectivity index (χ3n) is 7.22. The molecule has 40 heavy (non-hydrogen) atoms. The molecule has 0 bridgehead atoms. The lowest BCUT2D eigenvalue weighted by atomic mass is 10.1. The van der Waals surface area contributed by atoms with Crippen LogP contribution in [0, 0.1) is 0 Å². The SMILES string of the molecule is CCCCCCCN1C(=O)/C(=C\c2cn(-c3ccccc3)nc2-c2cccc(S(=O)(=O)N3CCCC3)c2)SC1=S. The average Bonchev–Trinajstić information content (AvgIpc) is 3.71. The predicted octanol–water partition coefficient (Wildman–Crippen LogP) is 6.50. The minimum Gasteiger partial charge on any atom is -0.293 e. The van der Waals surface area contributed by atoms with Crippen LogP contribution < -0.4 is 0 Å². The fourth-order valence-corrected chi connectivity index (χ4v) is 7.88. The quantitative estimate of drug-likeness (QED) is 0.143. The molecule has 2 saturated heterocycles. The number of hydrogen-bond donors (Lipinski definition) is 0. The van der Waals surface area contributed by atoms with E-state index in [0.29, 0.717) is 40.1 Å². The highest BCUT2D eigenvalue weighted by Gasteiger charge is 2.32. The van der Waals surface area contributed by atoms with Crippen LogP contribution in [0.4, 0.5) is 0 Å². The molecule has 0 saturated carbocycles. The first kappa shape index (κ1) is 28.7. The van der Waals surface area contributed by atoms with Gasteiger partial charge in [0.25, 0.3) is 5.91 Å². The van der Waals surface area contributed by atoms with Crippen molar-refractivity contribution >= 4 is 50.3 Å². The van der Waals surface area contributed by atoms with Crippen LogP contribution in [0.25, 0.3) is 23.0 Å². The predicted molar refractivity (Wildman–Crippen MR) is 166 cm³/mol. The van der Waals surface area contributed by atoms with Gasteiger partial charge < -0.3 is 0 Å². The van der Waals surface area contributed by atoms with Gasteiger partial charge in [-0.05, 0) is 49.6 Å². The summed E-state index contributed by atoms with van der Waals surface area (Å²) < 4.78 is 30.5.